The topological polar surface area (TPSA) is 3.24 Å². The quantitative estimate of drug-likeness (QED) is 0.639. The van der Waals surface area contributed by atoms with E-state index in [-0.39, 0.29) is 0 Å². The minimum Gasteiger partial charge on any atom is -0.296 e. The Morgan fingerprint density at radius 1 is 1.00 bits per heavy atom. The first-order valence-electron chi connectivity index (χ1n) is 9.50. The molecule has 0 aromatic rings. The third kappa shape index (κ3) is 3.72. The molecule has 0 radical (unpaired) electrons. The maximum Gasteiger partial charge on any atom is 0.0391 e. The Balaban J connectivity index is 1.96. The number of allylic oxidation sites excluding steroid dienone is 7. The summed E-state index contributed by atoms with van der Waals surface area (Å²) in [5, 5.41) is 0. The number of piperidine rings is 1. The fraction of sp³-hybridized carbons (Fsp3) is 0.478. The van der Waals surface area contributed by atoms with E-state index in [1.807, 2.05) is 0 Å². The molecule has 2 aliphatic carbocycles. The summed E-state index contributed by atoms with van der Waals surface area (Å²) in [7, 11) is 0. The van der Waals surface area contributed by atoms with Crippen molar-refractivity contribution in [2.24, 2.45) is 5.92 Å². The minimum atomic E-state index is 0.449. The Bertz CT molecular complexity index is 606. The molecule has 0 bridgehead atoms. The van der Waals surface area contributed by atoms with Gasteiger partial charge in [-0.2, -0.15) is 0 Å². The molecule has 24 heavy (non-hydrogen) atoms. The summed E-state index contributed by atoms with van der Waals surface area (Å²) >= 11 is 0. The molecule has 1 aliphatic heterocycles. The van der Waals surface area contributed by atoms with Gasteiger partial charge in [0, 0.05) is 6.04 Å². The molecule has 0 aromatic heterocycles. The van der Waals surface area contributed by atoms with Crippen LogP contribution in [0.1, 0.15) is 45.4 Å². The van der Waals surface area contributed by atoms with Crippen molar-refractivity contribution in [1.82, 2.24) is 4.90 Å². The first-order chi connectivity index (χ1) is 11.7. The van der Waals surface area contributed by atoms with Gasteiger partial charge in [-0.25, -0.2) is 0 Å². The third-order valence-electron chi connectivity index (χ3n) is 5.85. The lowest BCUT2D eigenvalue weighted by molar-refractivity contribution is 0.155. The van der Waals surface area contributed by atoms with E-state index in [1.54, 1.807) is 0 Å². The molecule has 1 unspecified atom stereocenters. The van der Waals surface area contributed by atoms with E-state index >= 15 is 0 Å². The Morgan fingerprint density at radius 3 is 2.38 bits per heavy atom. The van der Waals surface area contributed by atoms with Crippen molar-refractivity contribution in [2.45, 2.75) is 51.5 Å². The summed E-state index contributed by atoms with van der Waals surface area (Å²) in [5.41, 5.74) is 5.84. The Labute approximate surface area is 147 Å². The molecule has 1 heterocycles. The summed E-state index contributed by atoms with van der Waals surface area (Å²) in [6.07, 6.45) is 20.4. The average molecular weight is 322 g/mol. The highest BCUT2D eigenvalue weighted by Gasteiger charge is 2.28. The Kier molecular flexibility index (Phi) is 5.73. The van der Waals surface area contributed by atoms with Crippen LogP contribution in [-0.2, 0) is 0 Å². The molecular formula is C23H31N. The smallest absolute Gasteiger partial charge is 0.0391 e. The second-order valence-electron chi connectivity index (χ2n) is 7.42. The van der Waals surface area contributed by atoms with E-state index in [1.165, 1.54) is 48.2 Å². The van der Waals surface area contributed by atoms with E-state index in [2.05, 4.69) is 61.4 Å². The van der Waals surface area contributed by atoms with Gasteiger partial charge in [0.15, 0.2) is 0 Å². The van der Waals surface area contributed by atoms with Gasteiger partial charge in [0.05, 0.1) is 0 Å². The maximum absolute atomic E-state index is 4.16. The number of nitrogens with zero attached hydrogens (tertiary/aromatic N) is 1. The van der Waals surface area contributed by atoms with Crippen LogP contribution in [0, 0.1) is 5.92 Å². The van der Waals surface area contributed by atoms with Crippen LogP contribution in [0.5, 0.6) is 0 Å². The van der Waals surface area contributed by atoms with Gasteiger partial charge < -0.3 is 0 Å². The van der Waals surface area contributed by atoms with Crippen LogP contribution in [0.15, 0.2) is 71.9 Å². The third-order valence-corrected chi connectivity index (χ3v) is 5.85. The van der Waals surface area contributed by atoms with E-state index in [0.29, 0.717) is 6.04 Å². The molecule has 0 saturated carbocycles. The standard InChI is InChI=1S/C23H31N/c1-4-19-11-12-20-9-7-6-8-10-21(20)17-23(22(19)5-2)24-15-13-18(3)14-16-24/h4-5,7-10,18,23H,1-2,6,11-17H2,3H3/b22-19-. The molecule has 128 valence electrons. The number of likely N-dealkylation sites (tertiary alicyclic amines) is 1. The molecule has 1 heteroatoms. The number of rotatable bonds is 3. The minimum absolute atomic E-state index is 0.449. The molecule has 0 aromatic carbocycles. The van der Waals surface area contributed by atoms with Gasteiger partial charge in [0.1, 0.15) is 0 Å². The predicted octanol–water partition coefficient (Wildman–Crippen LogP) is 5.75. The molecule has 1 fully saturated rings. The van der Waals surface area contributed by atoms with Crippen LogP contribution in [0.25, 0.3) is 0 Å². The Morgan fingerprint density at radius 2 is 1.71 bits per heavy atom. The van der Waals surface area contributed by atoms with Crippen molar-refractivity contribution in [3.63, 3.8) is 0 Å². The van der Waals surface area contributed by atoms with Crippen LogP contribution >= 0.6 is 0 Å². The highest BCUT2D eigenvalue weighted by molar-refractivity contribution is 5.44. The predicted molar refractivity (Wildman–Crippen MR) is 105 cm³/mol. The molecule has 1 atom stereocenters. The fourth-order valence-electron chi connectivity index (χ4n) is 4.26. The summed E-state index contributed by atoms with van der Waals surface area (Å²) in [4.78, 5) is 2.69. The van der Waals surface area contributed by atoms with Crippen molar-refractivity contribution < 1.29 is 0 Å². The van der Waals surface area contributed by atoms with E-state index in [0.717, 1.165) is 31.6 Å². The van der Waals surface area contributed by atoms with Crippen LogP contribution in [-0.4, -0.2) is 24.0 Å². The molecule has 0 amide bonds. The highest BCUT2D eigenvalue weighted by Crippen LogP contribution is 2.34. The van der Waals surface area contributed by atoms with Gasteiger partial charge >= 0.3 is 0 Å². The van der Waals surface area contributed by atoms with Gasteiger partial charge in [0.2, 0.25) is 0 Å². The lowest BCUT2D eigenvalue weighted by Gasteiger charge is -2.39. The van der Waals surface area contributed by atoms with Gasteiger partial charge in [-0.15, -0.1) is 0 Å². The number of hydrogen-bond donors (Lipinski definition) is 0. The molecular weight excluding hydrogens is 290 g/mol. The lowest BCUT2D eigenvalue weighted by Crippen LogP contribution is -2.42. The summed E-state index contributed by atoms with van der Waals surface area (Å²) in [5.74, 6) is 0.861. The van der Waals surface area contributed by atoms with Gasteiger partial charge in [-0.1, -0.05) is 56.5 Å². The normalized spacial score (nSPS) is 29.6. The molecule has 0 spiro atoms. The largest absolute Gasteiger partial charge is 0.296 e. The first-order valence-corrected chi connectivity index (χ1v) is 9.50. The lowest BCUT2D eigenvalue weighted by atomic mass is 9.84. The summed E-state index contributed by atoms with van der Waals surface area (Å²) < 4.78 is 0. The second-order valence-corrected chi connectivity index (χ2v) is 7.42. The van der Waals surface area contributed by atoms with Crippen molar-refractivity contribution in [1.29, 1.82) is 0 Å². The SMILES string of the molecule is C=C/C1=C(\C=C)C(N2CCC(C)CC2)CC2=C(C=CCC=C2)CC1. The highest BCUT2D eigenvalue weighted by atomic mass is 15.2. The zero-order chi connectivity index (χ0) is 16.9. The summed E-state index contributed by atoms with van der Waals surface area (Å²) in [6.45, 7) is 13.0. The van der Waals surface area contributed by atoms with Crippen LogP contribution in [0.4, 0.5) is 0 Å². The van der Waals surface area contributed by atoms with Crippen molar-refractivity contribution >= 4 is 0 Å². The van der Waals surface area contributed by atoms with Gasteiger partial charge in [0.25, 0.3) is 0 Å². The van der Waals surface area contributed by atoms with Gasteiger partial charge in [-0.3, -0.25) is 4.90 Å². The molecule has 3 aliphatic rings. The van der Waals surface area contributed by atoms with Crippen LogP contribution in [0.3, 0.4) is 0 Å². The van der Waals surface area contributed by atoms with Crippen LogP contribution < -0.4 is 0 Å². The fourth-order valence-corrected chi connectivity index (χ4v) is 4.26. The van der Waals surface area contributed by atoms with E-state index in [4.69, 9.17) is 0 Å². The maximum atomic E-state index is 4.16. The average Bonchev–Trinajstić information content (AvgIpc) is 2.81. The molecule has 3 rings (SSSR count). The van der Waals surface area contributed by atoms with Crippen molar-refractivity contribution in [3.05, 3.63) is 71.9 Å². The molecule has 1 nitrogen and oxygen atoms in total. The summed E-state index contributed by atoms with van der Waals surface area (Å²) in [6, 6.07) is 0.449. The van der Waals surface area contributed by atoms with Crippen molar-refractivity contribution in [2.75, 3.05) is 13.1 Å². The van der Waals surface area contributed by atoms with E-state index < -0.39 is 0 Å². The molecule has 0 N–H and O–H groups in total. The van der Waals surface area contributed by atoms with E-state index in [9.17, 15) is 0 Å². The number of hydrogen-bond acceptors (Lipinski definition) is 1. The molecule has 1 saturated heterocycles. The van der Waals surface area contributed by atoms with Crippen molar-refractivity contribution in [3.8, 4) is 0 Å². The van der Waals surface area contributed by atoms with Gasteiger partial charge in [-0.05, 0) is 79.8 Å². The first kappa shape index (κ1) is 17.2. The Hall–Kier alpha value is -1.60. The zero-order valence-corrected chi connectivity index (χ0v) is 15.1. The monoisotopic (exact) mass is 321 g/mol. The second kappa shape index (κ2) is 7.98. The zero-order valence-electron chi connectivity index (χ0n) is 15.1. The van der Waals surface area contributed by atoms with Crippen LogP contribution in [0.2, 0.25) is 0 Å².